The zero-order valence-electron chi connectivity index (χ0n) is 22.4. The quantitative estimate of drug-likeness (QED) is 0.0752. The van der Waals surface area contributed by atoms with Gasteiger partial charge >= 0.3 is 12.1 Å². The number of alkyl halides is 3. The highest BCUT2D eigenvalue weighted by molar-refractivity contribution is 9.11. The highest BCUT2D eigenvalue weighted by atomic mass is 79.9. The minimum absolute atomic E-state index is 0.115. The second kappa shape index (κ2) is 12.8. The van der Waals surface area contributed by atoms with Gasteiger partial charge in [-0.3, -0.25) is 4.79 Å². The van der Waals surface area contributed by atoms with Gasteiger partial charge in [-0.25, -0.2) is 10.2 Å². The van der Waals surface area contributed by atoms with Crippen molar-refractivity contribution < 1.29 is 32.2 Å². The first-order chi connectivity index (χ1) is 21.0. The van der Waals surface area contributed by atoms with Crippen LogP contribution in [-0.2, 0) is 6.18 Å². The highest BCUT2D eigenvalue weighted by Crippen LogP contribution is 2.41. The molecule has 2 N–H and O–H groups in total. The van der Waals surface area contributed by atoms with E-state index >= 15 is 0 Å². The Bertz CT molecular complexity index is 1930. The Morgan fingerprint density at radius 3 is 2.41 bits per heavy atom. The molecule has 7 nitrogen and oxygen atoms in total. The lowest BCUT2D eigenvalue weighted by atomic mass is 10.00. The molecular formula is C31H19Br2ClF3N3O4. The Morgan fingerprint density at radius 1 is 1.00 bits per heavy atom. The van der Waals surface area contributed by atoms with E-state index < -0.39 is 23.6 Å². The Labute approximate surface area is 270 Å². The number of fused-ring (bicyclic) bond motifs is 1. The molecule has 4 aromatic carbocycles. The number of carbonyl (C=O) groups is 2. The smallest absolute Gasteiger partial charge is 0.418 e. The molecule has 5 aromatic rings. The molecule has 0 bridgehead atoms. The summed E-state index contributed by atoms with van der Waals surface area (Å²) in [6.45, 7) is 0. The highest BCUT2D eigenvalue weighted by Gasteiger charge is 2.35. The van der Waals surface area contributed by atoms with E-state index in [1.165, 1.54) is 25.5 Å². The van der Waals surface area contributed by atoms with Gasteiger partial charge in [0.05, 0.1) is 34.4 Å². The monoisotopic (exact) mass is 747 g/mol. The van der Waals surface area contributed by atoms with Crippen LogP contribution in [0.1, 0.15) is 32.0 Å². The Hall–Kier alpha value is -4.13. The summed E-state index contributed by atoms with van der Waals surface area (Å²) in [6, 6.07) is 19.7. The van der Waals surface area contributed by atoms with Crippen molar-refractivity contribution in [3.63, 3.8) is 0 Å². The Kier molecular flexibility index (Phi) is 9.14. The summed E-state index contributed by atoms with van der Waals surface area (Å²) in [4.78, 5) is 28.9. The van der Waals surface area contributed by atoms with Crippen LogP contribution in [0.15, 0.2) is 92.9 Å². The van der Waals surface area contributed by atoms with Gasteiger partial charge in [0, 0.05) is 31.6 Å². The van der Waals surface area contributed by atoms with Crippen LogP contribution in [0.3, 0.4) is 0 Å². The number of nitrogens with zero attached hydrogens (tertiary/aromatic N) is 1. The molecule has 1 heterocycles. The molecule has 1 aromatic heterocycles. The number of H-pyrrole nitrogens is 1. The van der Waals surface area contributed by atoms with E-state index in [0.717, 1.165) is 6.07 Å². The molecule has 224 valence electrons. The number of aromatic nitrogens is 1. The summed E-state index contributed by atoms with van der Waals surface area (Å²) in [6.07, 6.45) is -3.44. The van der Waals surface area contributed by atoms with Gasteiger partial charge in [-0.1, -0.05) is 57.9 Å². The van der Waals surface area contributed by atoms with E-state index in [1.807, 2.05) is 0 Å². The molecule has 0 radical (unpaired) electrons. The van der Waals surface area contributed by atoms with Crippen LogP contribution in [0, 0.1) is 0 Å². The molecule has 0 saturated heterocycles. The minimum Gasteiger partial charge on any atom is -0.497 e. The summed E-state index contributed by atoms with van der Waals surface area (Å²) in [5.41, 5.74) is 2.07. The number of hydrogen-bond acceptors (Lipinski definition) is 5. The topological polar surface area (TPSA) is 92.8 Å². The molecule has 0 saturated carbocycles. The largest absolute Gasteiger partial charge is 0.497 e. The number of ether oxygens (including phenoxy) is 2. The standard InChI is InChI=1S/C31H19Br2ClF3N3O4/c1-43-19-11-9-16(10-12-19)30(42)44-28-17(13-18(32)14-23(28)33)15-38-40-29(41)27-25(20-5-2-3-8-24(20)34)21-6-4-7-22(26(21)39-27)31(35,36)37/h2-15,39H,1H3,(H,40,41). The number of nitrogens with one attached hydrogen (secondary N) is 2. The number of carbonyl (C=O) groups excluding carboxylic acids is 2. The second-order valence-corrected chi connectivity index (χ2v) is 11.4. The van der Waals surface area contributed by atoms with Gasteiger partial charge in [0.2, 0.25) is 0 Å². The number of amides is 1. The van der Waals surface area contributed by atoms with Crippen molar-refractivity contribution in [3.8, 4) is 22.6 Å². The molecule has 5 rings (SSSR count). The number of halogens is 6. The summed E-state index contributed by atoms with van der Waals surface area (Å²) in [5, 5.41) is 4.41. The van der Waals surface area contributed by atoms with Crippen LogP contribution in [0.25, 0.3) is 22.0 Å². The third kappa shape index (κ3) is 6.52. The number of para-hydroxylation sites is 1. The van der Waals surface area contributed by atoms with Gasteiger partial charge < -0.3 is 14.5 Å². The maximum atomic E-state index is 13.8. The summed E-state index contributed by atoms with van der Waals surface area (Å²) >= 11 is 13.2. The van der Waals surface area contributed by atoms with Crippen molar-refractivity contribution in [1.29, 1.82) is 0 Å². The molecule has 0 aliphatic rings. The molecule has 0 aliphatic heterocycles. The third-order valence-corrected chi connectivity index (χ3v) is 7.81. The SMILES string of the molecule is COc1ccc(C(=O)Oc2c(Br)cc(Br)cc2C=NNC(=O)c2[nH]c3c(C(F)(F)F)cccc3c2-c2ccccc2Cl)cc1. The van der Waals surface area contributed by atoms with Gasteiger partial charge in [-0.2, -0.15) is 18.3 Å². The minimum atomic E-state index is -4.68. The maximum Gasteiger partial charge on any atom is 0.418 e. The van der Waals surface area contributed by atoms with Crippen LogP contribution >= 0.6 is 43.5 Å². The van der Waals surface area contributed by atoms with E-state index in [1.54, 1.807) is 60.7 Å². The predicted octanol–water partition coefficient (Wildman–Crippen LogP) is 9.02. The zero-order chi connectivity index (χ0) is 31.6. The van der Waals surface area contributed by atoms with Crippen LogP contribution in [0.2, 0.25) is 5.02 Å². The van der Waals surface area contributed by atoms with Crippen LogP contribution < -0.4 is 14.9 Å². The molecule has 0 spiro atoms. The van der Waals surface area contributed by atoms with Crippen molar-refractivity contribution in [3.05, 3.63) is 115 Å². The van der Waals surface area contributed by atoms with Crippen molar-refractivity contribution in [2.45, 2.75) is 6.18 Å². The first-order valence-electron chi connectivity index (χ1n) is 12.6. The van der Waals surface area contributed by atoms with Gasteiger partial charge in [-0.15, -0.1) is 0 Å². The first kappa shape index (κ1) is 31.3. The number of hydrogen-bond donors (Lipinski definition) is 2. The fraction of sp³-hybridized carbons (Fsp3) is 0.0645. The van der Waals surface area contributed by atoms with Crippen molar-refractivity contribution >= 4 is 72.5 Å². The van der Waals surface area contributed by atoms with Crippen molar-refractivity contribution in [2.75, 3.05) is 7.11 Å². The molecule has 0 atom stereocenters. The number of rotatable bonds is 7. The average Bonchev–Trinajstić information content (AvgIpc) is 3.38. The van der Waals surface area contributed by atoms with Crippen LogP contribution in [0.5, 0.6) is 11.5 Å². The molecule has 13 heteroatoms. The van der Waals surface area contributed by atoms with Gasteiger partial charge in [0.25, 0.3) is 5.91 Å². The van der Waals surface area contributed by atoms with E-state index in [0.29, 0.717) is 25.8 Å². The van der Waals surface area contributed by atoms with Crippen LogP contribution in [-0.4, -0.2) is 30.2 Å². The molecule has 0 fully saturated rings. The number of methoxy groups -OCH3 is 1. The van der Waals surface area contributed by atoms with E-state index in [9.17, 15) is 22.8 Å². The molecule has 1 amide bonds. The normalized spacial score (nSPS) is 11.6. The summed E-state index contributed by atoms with van der Waals surface area (Å²) in [5.74, 6) is -0.801. The number of benzene rings is 4. The first-order valence-corrected chi connectivity index (χ1v) is 14.6. The van der Waals surface area contributed by atoms with Gasteiger partial charge in [0.15, 0.2) is 5.75 Å². The lowest BCUT2D eigenvalue weighted by molar-refractivity contribution is -0.136. The molecule has 0 aliphatic carbocycles. The van der Waals surface area contributed by atoms with Crippen LogP contribution in [0.4, 0.5) is 13.2 Å². The van der Waals surface area contributed by atoms with Crippen molar-refractivity contribution in [2.24, 2.45) is 5.10 Å². The van der Waals surface area contributed by atoms with Gasteiger partial charge in [-0.05, 0) is 64.5 Å². The fourth-order valence-electron chi connectivity index (χ4n) is 4.45. The Morgan fingerprint density at radius 2 is 1.73 bits per heavy atom. The molecular weight excluding hydrogens is 731 g/mol. The molecule has 44 heavy (non-hydrogen) atoms. The Balaban J connectivity index is 1.49. The number of aromatic amines is 1. The predicted molar refractivity (Wildman–Crippen MR) is 169 cm³/mol. The second-order valence-electron chi connectivity index (χ2n) is 9.20. The lowest BCUT2D eigenvalue weighted by Crippen LogP contribution is -2.19. The number of esters is 1. The zero-order valence-corrected chi connectivity index (χ0v) is 26.4. The third-order valence-electron chi connectivity index (χ3n) is 6.44. The van der Waals surface area contributed by atoms with Gasteiger partial charge in [0.1, 0.15) is 11.4 Å². The van der Waals surface area contributed by atoms with Crippen molar-refractivity contribution in [1.82, 2.24) is 10.4 Å². The average molecular weight is 750 g/mol. The number of hydrazone groups is 1. The summed E-state index contributed by atoms with van der Waals surface area (Å²) in [7, 11) is 1.51. The fourth-order valence-corrected chi connectivity index (χ4v) is 6.02. The van der Waals surface area contributed by atoms with E-state index in [2.05, 4.69) is 47.4 Å². The van der Waals surface area contributed by atoms with E-state index in [4.69, 9.17) is 21.1 Å². The lowest BCUT2D eigenvalue weighted by Gasteiger charge is -2.11. The maximum absolute atomic E-state index is 13.8. The molecule has 0 unspecified atom stereocenters. The summed E-state index contributed by atoms with van der Waals surface area (Å²) < 4.78 is 53.3. The van der Waals surface area contributed by atoms with E-state index in [-0.39, 0.29) is 38.5 Å².